The molecule has 0 aliphatic rings. The van der Waals surface area contributed by atoms with Gasteiger partial charge in [-0.3, -0.25) is 9.59 Å². The number of carbonyl (C=O) groups is 1. The molecule has 1 amide bonds. The number of hydrogen-bond acceptors (Lipinski definition) is 6. The fraction of sp³-hybridized carbons (Fsp3) is 0.167. The maximum absolute atomic E-state index is 13.3. The van der Waals surface area contributed by atoms with Crippen LogP contribution in [0.2, 0.25) is 5.02 Å². The summed E-state index contributed by atoms with van der Waals surface area (Å²) in [5, 5.41) is 4.07. The number of pyridine rings is 1. The average molecular weight is 464 g/mol. The third kappa shape index (κ3) is 4.38. The molecule has 2 aromatic carbocycles. The highest BCUT2D eigenvalue weighted by Gasteiger charge is 2.18. The second-order valence-corrected chi connectivity index (χ2v) is 7.68. The van der Waals surface area contributed by atoms with Crippen molar-refractivity contribution in [2.45, 2.75) is 13.3 Å². The predicted molar refractivity (Wildman–Crippen MR) is 130 cm³/mol. The van der Waals surface area contributed by atoms with Crippen molar-refractivity contribution in [1.82, 2.24) is 14.7 Å². The Hall–Kier alpha value is -3.91. The molecule has 0 atom stereocenters. The molecule has 2 heterocycles. The van der Waals surface area contributed by atoms with Crippen molar-refractivity contribution in [3.8, 4) is 11.1 Å². The van der Waals surface area contributed by atoms with Gasteiger partial charge in [0, 0.05) is 47.0 Å². The molecule has 9 heteroatoms. The van der Waals surface area contributed by atoms with Crippen molar-refractivity contribution < 1.29 is 9.63 Å². The number of nitrogens with one attached hydrogen (secondary N) is 1. The molecular formula is C24H22ClN5O3. The van der Waals surface area contributed by atoms with E-state index in [9.17, 15) is 9.59 Å². The Morgan fingerprint density at radius 1 is 1.15 bits per heavy atom. The lowest BCUT2D eigenvalue weighted by Crippen LogP contribution is -2.28. The van der Waals surface area contributed by atoms with Gasteiger partial charge in [0.25, 0.3) is 5.56 Å². The van der Waals surface area contributed by atoms with Crippen molar-refractivity contribution in [3.63, 3.8) is 0 Å². The minimum absolute atomic E-state index is 0.0528. The lowest BCUT2D eigenvalue weighted by molar-refractivity contribution is -0.118. The fourth-order valence-electron chi connectivity index (χ4n) is 3.45. The van der Waals surface area contributed by atoms with Crippen LogP contribution in [0.1, 0.15) is 13.3 Å². The topological polar surface area (TPSA) is 89.3 Å². The number of amides is 1. The Labute approximate surface area is 195 Å². The van der Waals surface area contributed by atoms with Gasteiger partial charge in [-0.2, -0.15) is 4.98 Å². The normalized spacial score (nSPS) is 10.8. The maximum atomic E-state index is 13.3. The van der Waals surface area contributed by atoms with E-state index in [0.717, 1.165) is 10.4 Å². The maximum Gasteiger partial charge on any atom is 0.293 e. The summed E-state index contributed by atoms with van der Waals surface area (Å²) in [5.41, 5.74) is 2.11. The van der Waals surface area contributed by atoms with Crippen molar-refractivity contribution in [2.75, 3.05) is 24.4 Å². The number of benzene rings is 2. The van der Waals surface area contributed by atoms with E-state index in [1.807, 2.05) is 30.3 Å². The second kappa shape index (κ2) is 9.30. The van der Waals surface area contributed by atoms with Gasteiger partial charge in [0.15, 0.2) is 5.65 Å². The predicted octanol–water partition coefficient (Wildman–Crippen LogP) is 4.29. The van der Waals surface area contributed by atoms with E-state index >= 15 is 0 Å². The van der Waals surface area contributed by atoms with Crippen LogP contribution in [0.25, 0.3) is 22.2 Å². The number of carbonyl (C=O) groups excluding carboxylic acids is 1. The zero-order chi connectivity index (χ0) is 23.5. The van der Waals surface area contributed by atoms with Crippen LogP contribution in [0, 0.1) is 0 Å². The zero-order valence-electron chi connectivity index (χ0n) is 18.4. The summed E-state index contributed by atoms with van der Waals surface area (Å²) in [6, 6.07) is 16.2. The molecule has 0 saturated carbocycles. The van der Waals surface area contributed by atoms with E-state index in [1.165, 1.54) is 12.0 Å². The number of fused-ring (bicyclic) bond motifs is 1. The molecule has 168 valence electrons. The lowest BCUT2D eigenvalue weighted by Gasteiger charge is -2.18. The number of rotatable bonds is 6. The largest absolute Gasteiger partial charge is 0.412 e. The first-order chi connectivity index (χ1) is 15.9. The summed E-state index contributed by atoms with van der Waals surface area (Å²) in [4.78, 5) is 41.2. The van der Waals surface area contributed by atoms with Gasteiger partial charge in [0.1, 0.15) is 7.11 Å². The number of nitrogens with zero attached hydrogens (tertiary/aromatic N) is 4. The van der Waals surface area contributed by atoms with E-state index in [2.05, 4.69) is 15.3 Å². The van der Waals surface area contributed by atoms with Gasteiger partial charge in [-0.1, -0.05) is 36.7 Å². The van der Waals surface area contributed by atoms with E-state index in [4.69, 9.17) is 16.4 Å². The summed E-state index contributed by atoms with van der Waals surface area (Å²) < 4.78 is 1.10. The van der Waals surface area contributed by atoms with Gasteiger partial charge in [0.2, 0.25) is 11.9 Å². The molecule has 0 radical (unpaired) electrons. The van der Waals surface area contributed by atoms with Crippen molar-refractivity contribution in [1.29, 1.82) is 0 Å². The van der Waals surface area contributed by atoms with E-state index in [0.29, 0.717) is 45.2 Å². The highest BCUT2D eigenvalue weighted by Crippen LogP contribution is 2.31. The van der Waals surface area contributed by atoms with Gasteiger partial charge in [-0.25, -0.2) is 4.98 Å². The molecule has 0 spiro atoms. The van der Waals surface area contributed by atoms with Crippen LogP contribution in [0.3, 0.4) is 0 Å². The first-order valence-electron chi connectivity index (χ1n) is 10.3. The van der Waals surface area contributed by atoms with Crippen LogP contribution < -0.4 is 20.6 Å². The number of halogens is 1. The molecule has 0 aliphatic heterocycles. The molecular weight excluding hydrogens is 442 g/mol. The Morgan fingerprint density at radius 3 is 2.61 bits per heavy atom. The van der Waals surface area contributed by atoms with Gasteiger partial charge in [0.05, 0.1) is 5.56 Å². The summed E-state index contributed by atoms with van der Waals surface area (Å²) in [7, 11) is 3.07. The van der Waals surface area contributed by atoms with Gasteiger partial charge >= 0.3 is 0 Å². The smallest absolute Gasteiger partial charge is 0.293 e. The van der Waals surface area contributed by atoms with Crippen molar-refractivity contribution in [2.24, 2.45) is 0 Å². The van der Waals surface area contributed by atoms with Crippen LogP contribution in [0.15, 0.2) is 65.6 Å². The first-order valence-corrected chi connectivity index (χ1v) is 10.7. The van der Waals surface area contributed by atoms with E-state index in [1.54, 1.807) is 44.4 Å². The average Bonchev–Trinajstić information content (AvgIpc) is 2.84. The first kappa shape index (κ1) is 22.3. The number of anilines is 3. The van der Waals surface area contributed by atoms with Gasteiger partial charge in [-0.05, 0) is 36.4 Å². The highest BCUT2D eigenvalue weighted by molar-refractivity contribution is 6.33. The third-order valence-electron chi connectivity index (χ3n) is 5.22. The van der Waals surface area contributed by atoms with Crippen LogP contribution in [-0.2, 0) is 4.79 Å². The molecule has 0 aliphatic carbocycles. The van der Waals surface area contributed by atoms with Crippen LogP contribution in [-0.4, -0.2) is 34.8 Å². The molecule has 0 fully saturated rings. The Balaban J connectivity index is 1.83. The quantitative estimate of drug-likeness (QED) is 0.459. The Kier molecular flexibility index (Phi) is 6.28. The molecule has 4 rings (SSSR count). The third-order valence-corrected chi connectivity index (χ3v) is 5.55. The SMILES string of the molecule is CCC(=O)N(C)c1ccc(Cl)c(-c2cc3cnc(Nc4ccccc4)nc3n(OC)c2=O)c1. The van der Waals surface area contributed by atoms with Gasteiger partial charge < -0.3 is 15.1 Å². The van der Waals surface area contributed by atoms with E-state index in [-0.39, 0.29) is 5.91 Å². The molecule has 4 aromatic rings. The van der Waals surface area contributed by atoms with E-state index < -0.39 is 5.56 Å². The molecule has 0 saturated heterocycles. The summed E-state index contributed by atoms with van der Waals surface area (Å²) in [5.74, 6) is 0.273. The standard InChI is InChI=1S/C24H22ClN5O3/c1-4-21(31)29(2)17-10-11-20(25)18(13-17)19-12-15-14-26-24(27-16-8-6-5-7-9-16)28-22(15)30(33-3)23(19)32/h5-14H,4H2,1-3H3,(H,26,27,28). The summed E-state index contributed by atoms with van der Waals surface area (Å²) in [6.45, 7) is 1.79. The molecule has 2 aromatic heterocycles. The van der Waals surface area contributed by atoms with Crippen molar-refractivity contribution in [3.05, 3.63) is 76.2 Å². The molecule has 33 heavy (non-hydrogen) atoms. The zero-order valence-corrected chi connectivity index (χ0v) is 19.1. The summed E-state index contributed by atoms with van der Waals surface area (Å²) >= 11 is 6.45. The molecule has 0 unspecified atom stereocenters. The molecule has 1 N–H and O–H groups in total. The van der Waals surface area contributed by atoms with Crippen LogP contribution >= 0.6 is 11.6 Å². The second-order valence-electron chi connectivity index (χ2n) is 7.27. The minimum Gasteiger partial charge on any atom is -0.412 e. The van der Waals surface area contributed by atoms with Crippen molar-refractivity contribution >= 4 is 45.9 Å². The Bertz CT molecular complexity index is 1390. The number of hydrogen-bond donors (Lipinski definition) is 1. The summed E-state index contributed by atoms with van der Waals surface area (Å²) in [6.07, 6.45) is 1.97. The number of aromatic nitrogens is 3. The van der Waals surface area contributed by atoms with Crippen LogP contribution in [0.4, 0.5) is 17.3 Å². The highest BCUT2D eigenvalue weighted by atomic mass is 35.5. The monoisotopic (exact) mass is 463 g/mol. The Morgan fingerprint density at radius 2 is 1.91 bits per heavy atom. The van der Waals surface area contributed by atoms with Crippen LogP contribution in [0.5, 0.6) is 0 Å². The molecule has 8 nitrogen and oxygen atoms in total. The molecule has 0 bridgehead atoms. The van der Waals surface area contributed by atoms with Gasteiger partial charge in [-0.15, -0.1) is 4.73 Å². The minimum atomic E-state index is -0.433. The number of para-hydroxylation sites is 1. The fourth-order valence-corrected chi connectivity index (χ4v) is 3.67. The lowest BCUT2D eigenvalue weighted by atomic mass is 10.0.